The zero-order chi connectivity index (χ0) is 30.5. The number of ether oxygens (including phenoxy) is 1. The summed E-state index contributed by atoms with van der Waals surface area (Å²) in [6, 6.07) is -0.199. The fraction of sp³-hybridized carbons (Fsp3) is 0.806. The number of carboxylic acids is 1. The summed E-state index contributed by atoms with van der Waals surface area (Å²) in [5.74, 6) is -2.16. The minimum Gasteiger partial charge on any atom is -0.476 e. The summed E-state index contributed by atoms with van der Waals surface area (Å²) in [6.07, 6.45) is 7.85. The van der Waals surface area contributed by atoms with E-state index in [2.05, 4.69) is 36.0 Å². The monoisotopic (exact) mass is 594 g/mol. The van der Waals surface area contributed by atoms with Crippen LogP contribution in [-0.2, 0) is 14.3 Å². The topological polar surface area (TPSA) is 112 Å². The lowest BCUT2D eigenvalue weighted by atomic mass is 9.87. The first-order chi connectivity index (χ1) is 19.5. The van der Waals surface area contributed by atoms with E-state index < -0.39 is 18.0 Å². The third kappa shape index (κ3) is 10.3. The molecule has 5 atom stereocenters. The van der Waals surface area contributed by atoms with Crippen LogP contribution in [-0.4, -0.2) is 76.6 Å². The van der Waals surface area contributed by atoms with Crippen molar-refractivity contribution in [3.05, 3.63) is 16.1 Å². The van der Waals surface area contributed by atoms with Crippen LogP contribution in [0.25, 0.3) is 0 Å². The molecule has 41 heavy (non-hydrogen) atoms. The SMILES string of the molecule is CCCCCCN(C(=O)[C@H](C(=O)N[C@H]1CCCCN1C)[C@@H](C)CC)[C@H](C[C@@H](OCC)c1nc(C(=O)O)cs1)C(C)C. The summed E-state index contributed by atoms with van der Waals surface area (Å²) < 4.78 is 6.10. The Hall–Kier alpha value is -2.04. The van der Waals surface area contributed by atoms with Crippen LogP contribution in [0.5, 0.6) is 0 Å². The fourth-order valence-corrected chi connectivity index (χ4v) is 6.49. The average Bonchev–Trinajstić information content (AvgIpc) is 3.43. The van der Waals surface area contributed by atoms with E-state index >= 15 is 0 Å². The second kappa shape index (κ2) is 17.8. The van der Waals surface area contributed by atoms with E-state index in [9.17, 15) is 19.5 Å². The maximum absolute atomic E-state index is 14.5. The molecule has 2 rings (SSSR count). The molecular weight excluding hydrogens is 540 g/mol. The van der Waals surface area contributed by atoms with Crippen molar-refractivity contribution in [1.29, 1.82) is 0 Å². The van der Waals surface area contributed by atoms with E-state index in [-0.39, 0.29) is 41.6 Å². The number of carbonyl (C=O) groups is 3. The summed E-state index contributed by atoms with van der Waals surface area (Å²) >= 11 is 1.27. The zero-order valence-corrected chi connectivity index (χ0v) is 27.2. The van der Waals surface area contributed by atoms with Crippen LogP contribution in [0.15, 0.2) is 5.38 Å². The van der Waals surface area contributed by atoms with Gasteiger partial charge in [-0.1, -0.05) is 60.3 Å². The second-order valence-corrected chi connectivity index (χ2v) is 12.7. The van der Waals surface area contributed by atoms with Crippen molar-refractivity contribution in [1.82, 2.24) is 20.1 Å². The lowest BCUT2D eigenvalue weighted by molar-refractivity contribution is -0.148. The normalized spacial score (nSPS) is 19.0. The van der Waals surface area contributed by atoms with E-state index in [0.29, 0.717) is 24.6 Å². The molecule has 1 fully saturated rings. The Morgan fingerprint density at radius 2 is 1.90 bits per heavy atom. The van der Waals surface area contributed by atoms with E-state index in [0.717, 1.165) is 57.9 Å². The molecule has 2 amide bonds. The molecule has 0 aliphatic carbocycles. The Morgan fingerprint density at radius 3 is 2.46 bits per heavy atom. The van der Waals surface area contributed by atoms with Crippen LogP contribution in [0.4, 0.5) is 0 Å². The number of piperidine rings is 1. The van der Waals surface area contributed by atoms with Crippen LogP contribution < -0.4 is 5.32 Å². The van der Waals surface area contributed by atoms with E-state index in [4.69, 9.17) is 4.74 Å². The van der Waals surface area contributed by atoms with Gasteiger partial charge < -0.3 is 20.1 Å². The first-order valence-electron chi connectivity index (χ1n) is 15.7. The Kier molecular flexibility index (Phi) is 15.3. The summed E-state index contributed by atoms with van der Waals surface area (Å²) in [4.78, 5) is 48.3. The van der Waals surface area contributed by atoms with Gasteiger partial charge in [0.15, 0.2) is 5.69 Å². The molecule has 0 unspecified atom stereocenters. The lowest BCUT2D eigenvalue weighted by Gasteiger charge is -2.40. The third-order valence-electron chi connectivity index (χ3n) is 8.39. The van der Waals surface area contributed by atoms with Crippen LogP contribution in [0.2, 0.25) is 0 Å². The van der Waals surface area contributed by atoms with Crippen LogP contribution in [0.1, 0.15) is 121 Å². The van der Waals surface area contributed by atoms with Crippen LogP contribution in [0, 0.1) is 17.8 Å². The Labute approximate surface area is 251 Å². The number of carboxylic acid groups (broad SMARTS) is 1. The molecule has 1 saturated heterocycles. The second-order valence-electron chi connectivity index (χ2n) is 11.8. The van der Waals surface area contributed by atoms with E-state index in [1.54, 1.807) is 0 Å². The van der Waals surface area contributed by atoms with Gasteiger partial charge in [-0.2, -0.15) is 0 Å². The van der Waals surface area contributed by atoms with Crippen molar-refractivity contribution in [3.63, 3.8) is 0 Å². The van der Waals surface area contributed by atoms with Crippen LogP contribution >= 0.6 is 11.3 Å². The molecule has 1 aliphatic rings. The van der Waals surface area contributed by atoms with Crippen molar-refractivity contribution in [2.75, 3.05) is 26.7 Å². The quantitative estimate of drug-likeness (QED) is 0.159. The Morgan fingerprint density at radius 1 is 1.17 bits per heavy atom. The molecule has 234 valence electrons. The number of unbranched alkanes of at least 4 members (excludes halogenated alkanes) is 3. The van der Waals surface area contributed by atoms with E-state index in [1.165, 1.54) is 16.7 Å². The van der Waals surface area contributed by atoms with Gasteiger partial charge in [0.2, 0.25) is 11.8 Å². The summed E-state index contributed by atoms with van der Waals surface area (Å²) in [5, 5.41) is 14.8. The summed E-state index contributed by atoms with van der Waals surface area (Å²) in [6.45, 7) is 14.2. The predicted octanol–water partition coefficient (Wildman–Crippen LogP) is 5.96. The molecule has 10 heteroatoms. The molecule has 0 aromatic carbocycles. The highest BCUT2D eigenvalue weighted by Crippen LogP contribution is 2.32. The maximum Gasteiger partial charge on any atom is 0.355 e. The van der Waals surface area contributed by atoms with Gasteiger partial charge in [0, 0.05) is 31.0 Å². The molecule has 1 aliphatic heterocycles. The number of nitrogens with one attached hydrogen (secondary N) is 1. The molecule has 2 N–H and O–H groups in total. The molecule has 0 radical (unpaired) electrons. The highest BCUT2D eigenvalue weighted by Gasteiger charge is 2.40. The van der Waals surface area contributed by atoms with Crippen molar-refractivity contribution in [2.45, 2.75) is 118 Å². The molecule has 0 spiro atoms. The number of carbonyl (C=O) groups excluding carboxylic acids is 2. The summed E-state index contributed by atoms with van der Waals surface area (Å²) in [7, 11) is 2.03. The van der Waals surface area contributed by atoms with Gasteiger partial charge in [-0.05, 0) is 58.0 Å². The molecule has 1 aromatic rings. The minimum atomic E-state index is -1.07. The number of likely N-dealkylation sites (tertiary alicyclic amines) is 1. The minimum absolute atomic E-state index is 0.00415. The number of rotatable bonds is 18. The third-order valence-corrected chi connectivity index (χ3v) is 9.32. The predicted molar refractivity (Wildman–Crippen MR) is 164 cm³/mol. The van der Waals surface area contributed by atoms with Crippen molar-refractivity contribution >= 4 is 29.1 Å². The average molecular weight is 595 g/mol. The summed E-state index contributed by atoms with van der Waals surface area (Å²) in [5.41, 5.74) is 0.00415. The van der Waals surface area contributed by atoms with Gasteiger partial charge >= 0.3 is 5.97 Å². The smallest absolute Gasteiger partial charge is 0.355 e. The largest absolute Gasteiger partial charge is 0.476 e. The highest BCUT2D eigenvalue weighted by molar-refractivity contribution is 7.09. The van der Waals surface area contributed by atoms with Gasteiger partial charge in [-0.15, -0.1) is 11.3 Å². The van der Waals surface area contributed by atoms with Gasteiger partial charge in [0.05, 0.1) is 6.17 Å². The number of aromatic nitrogens is 1. The van der Waals surface area contributed by atoms with Crippen LogP contribution in [0.3, 0.4) is 0 Å². The number of hydrogen-bond donors (Lipinski definition) is 2. The molecule has 9 nitrogen and oxygen atoms in total. The standard InChI is InChI=1S/C31H54N4O5S/c1-8-11-12-14-18-35(24(21(4)5)19-25(40-10-3)29-32-23(20-41-29)31(38)39)30(37)27(22(6)9-2)28(36)33-26-16-13-15-17-34(26)7/h20-22,24-27H,8-19H2,1-7H3,(H,33,36)(H,38,39)/t22-,24+,25+,26+,27-/m0/s1. The van der Waals surface area contributed by atoms with Gasteiger partial charge in [0.25, 0.3) is 0 Å². The number of thiazole rings is 1. The van der Waals surface area contributed by atoms with Gasteiger partial charge in [-0.3, -0.25) is 14.5 Å². The molecular formula is C31H54N4O5S. The fourth-order valence-electron chi connectivity index (χ4n) is 5.64. The molecule has 0 saturated carbocycles. The number of hydrogen-bond acceptors (Lipinski definition) is 7. The number of amides is 2. The molecule has 1 aromatic heterocycles. The van der Waals surface area contributed by atoms with Crippen molar-refractivity contribution in [2.24, 2.45) is 17.8 Å². The first-order valence-corrected chi connectivity index (χ1v) is 16.5. The van der Waals surface area contributed by atoms with Crippen molar-refractivity contribution < 1.29 is 24.2 Å². The zero-order valence-electron chi connectivity index (χ0n) is 26.4. The maximum atomic E-state index is 14.5. The van der Waals surface area contributed by atoms with Gasteiger partial charge in [-0.25, -0.2) is 9.78 Å². The molecule has 2 heterocycles. The van der Waals surface area contributed by atoms with Crippen molar-refractivity contribution in [3.8, 4) is 0 Å². The number of nitrogens with zero attached hydrogens (tertiary/aromatic N) is 3. The lowest BCUT2D eigenvalue weighted by Crippen LogP contribution is -2.56. The first kappa shape index (κ1) is 35.2. The van der Waals surface area contributed by atoms with E-state index in [1.807, 2.05) is 32.7 Å². The van der Waals surface area contributed by atoms with Gasteiger partial charge in [0.1, 0.15) is 17.0 Å². The molecule has 0 bridgehead atoms. The Balaban J connectivity index is 2.41. The number of aromatic carboxylic acids is 1. The Bertz CT molecular complexity index is 955. The highest BCUT2D eigenvalue weighted by atomic mass is 32.1.